The minimum atomic E-state index is -3.96. The first-order valence-electron chi connectivity index (χ1n) is 18.6. The van der Waals surface area contributed by atoms with Gasteiger partial charge in [-0.2, -0.15) is 8.42 Å². The SMILES string of the molecule is CCOCCn1c(NC2CCN(CCC3(Cc4ccccc4)CCN(C(=O)c4cc(OC)c(OC)c(OC)c4)C3OS(C)(=O)=O)CC2)nc2ccccc21. The van der Waals surface area contributed by atoms with Crippen LogP contribution in [-0.2, 0) is 32.0 Å². The Hall–Kier alpha value is -4.37. The lowest BCUT2D eigenvalue weighted by atomic mass is 9.76. The summed E-state index contributed by atoms with van der Waals surface area (Å²) in [5.74, 6) is 1.50. The highest BCUT2D eigenvalue weighted by atomic mass is 32.2. The summed E-state index contributed by atoms with van der Waals surface area (Å²) in [6, 6.07) is 21.6. The molecule has 2 aliphatic heterocycles. The lowest BCUT2D eigenvalue weighted by Crippen LogP contribution is -2.48. The number of aromatic nitrogens is 2. The highest BCUT2D eigenvalue weighted by Gasteiger charge is 2.51. The molecule has 2 fully saturated rings. The minimum Gasteiger partial charge on any atom is -0.493 e. The molecule has 2 saturated heterocycles. The standard InChI is InChI=1S/C40H53N5O8S/c1-6-52-25-24-44-33-15-11-10-14-32(33)42-39(44)41-31-16-20-43(21-17-31)22-18-40(28-29-12-8-7-9-13-29)19-23-45(38(40)53-54(5,47)48)37(46)30-26-34(49-2)36(51-4)35(27-30)50-3/h7-15,26-27,31,38H,6,16-25,28H2,1-5H3,(H,41,42). The highest BCUT2D eigenvalue weighted by Crippen LogP contribution is 2.46. The Kier molecular flexibility index (Phi) is 12.7. The third-order valence-electron chi connectivity index (χ3n) is 10.7. The van der Waals surface area contributed by atoms with Crippen LogP contribution in [0, 0.1) is 5.41 Å². The van der Waals surface area contributed by atoms with Gasteiger partial charge in [-0.25, -0.2) is 9.17 Å². The second-order valence-electron chi connectivity index (χ2n) is 14.1. The van der Waals surface area contributed by atoms with Gasteiger partial charge in [0.2, 0.25) is 11.7 Å². The summed E-state index contributed by atoms with van der Waals surface area (Å²) >= 11 is 0. The summed E-state index contributed by atoms with van der Waals surface area (Å²) < 4.78 is 56.2. The van der Waals surface area contributed by atoms with Crippen LogP contribution in [0.1, 0.15) is 48.5 Å². The van der Waals surface area contributed by atoms with Crippen LogP contribution in [0.25, 0.3) is 11.0 Å². The maximum absolute atomic E-state index is 14.3. The smallest absolute Gasteiger partial charge is 0.266 e. The normalized spacial score (nSPS) is 19.6. The van der Waals surface area contributed by atoms with Gasteiger partial charge in [-0.3, -0.25) is 4.79 Å². The number of methoxy groups -OCH3 is 3. The van der Waals surface area contributed by atoms with Crippen molar-refractivity contribution >= 4 is 33.0 Å². The molecule has 0 bridgehead atoms. The summed E-state index contributed by atoms with van der Waals surface area (Å²) in [5, 5.41) is 3.73. The molecular formula is C40H53N5O8S. The molecule has 6 rings (SSSR count). The fraction of sp³-hybridized carbons (Fsp3) is 0.500. The van der Waals surface area contributed by atoms with E-state index in [0.717, 1.165) is 67.8 Å². The topological polar surface area (TPSA) is 134 Å². The van der Waals surface area contributed by atoms with Crippen molar-refractivity contribution in [3.63, 3.8) is 0 Å². The van der Waals surface area contributed by atoms with Crippen LogP contribution in [0.3, 0.4) is 0 Å². The van der Waals surface area contributed by atoms with Gasteiger partial charge in [-0.15, -0.1) is 0 Å². The summed E-state index contributed by atoms with van der Waals surface area (Å²) in [6.07, 6.45) is 3.61. The van der Waals surface area contributed by atoms with Crippen LogP contribution in [0.4, 0.5) is 5.95 Å². The van der Waals surface area contributed by atoms with E-state index in [0.29, 0.717) is 56.3 Å². The van der Waals surface area contributed by atoms with Crippen LogP contribution in [0.5, 0.6) is 17.2 Å². The van der Waals surface area contributed by atoms with Crippen LogP contribution in [0.2, 0.25) is 0 Å². The van der Waals surface area contributed by atoms with E-state index in [4.69, 9.17) is 28.1 Å². The van der Waals surface area contributed by atoms with E-state index in [1.807, 2.05) is 55.5 Å². The molecule has 14 heteroatoms. The number of carbonyl (C=O) groups excluding carboxylic acids is 1. The van der Waals surface area contributed by atoms with E-state index in [2.05, 4.69) is 20.9 Å². The molecule has 3 aromatic carbocycles. The number of amides is 1. The number of imidazole rings is 1. The van der Waals surface area contributed by atoms with Crippen molar-refractivity contribution in [3.8, 4) is 17.2 Å². The molecular weight excluding hydrogens is 711 g/mol. The molecule has 4 aromatic rings. The van der Waals surface area contributed by atoms with Gasteiger partial charge in [-0.1, -0.05) is 42.5 Å². The van der Waals surface area contributed by atoms with E-state index in [-0.39, 0.29) is 17.5 Å². The molecule has 13 nitrogen and oxygen atoms in total. The van der Waals surface area contributed by atoms with E-state index >= 15 is 0 Å². The number of fused-ring (bicyclic) bond motifs is 1. The van der Waals surface area contributed by atoms with E-state index in [1.165, 1.54) is 21.3 Å². The number of likely N-dealkylation sites (tertiary alicyclic amines) is 2. The number of carbonyl (C=O) groups is 1. The van der Waals surface area contributed by atoms with Gasteiger partial charge < -0.3 is 38.6 Å². The molecule has 3 heterocycles. The summed E-state index contributed by atoms with van der Waals surface area (Å²) in [4.78, 5) is 23.2. The average Bonchev–Trinajstić information content (AvgIpc) is 3.70. The zero-order valence-electron chi connectivity index (χ0n) is 32.0. The van der Waals surface area contributed by atoms with Crippen molar-refractivity contribution in [3.05, 3.63) is 77.9 Å². The quantitative estimate of drug-likeness (QED) is 0.109. The van der Waals surface area contributed by atoms with E-state index in [9.17, 15) is 13.2 Å². The Morgan fingerprint density at radius 3 is 2.26 bits per heavy atom. The third kappa shape index (κ3) is 8.94. The number of ether oxygens (including phenoxy) is 4. The molecule has 0 spiro atoms. The Morgan fingerprint density at radius 1 is 0.926 bits per heavy atom. The maximum atomic E-state index is 14.3. The molecule has 54 heavy (non-hydrogen) atoms. The van der Waals surface area contributed by atoms with Crippen molar-refractivity contribution in [2.24, 2.45) is 5.41 Å². The predicted molar refractivity (Wildman–Crippen MR) is 208 cm³/mol. The second-order valence-corrected chi connectivity index (χ2v) is 15.7. The van der Waals surface area contributed by atoms with Crippen LogP contribution in [0.15, 0.2) is 66.7 Å². The zero-order chi connectivity index (χ0) is 38.3. The monoisotopic (exact) mass is 763 g/mol. The summed E-state index contributed by atoms with van der Waals surface area (Å²) in [5.41, 5.74) is 2.69. The fourth-order valence-corrected chi connectivity index (χ4v) is 8.54. The van der Waals surface area contributed by atoms with Crippen LogP contribution >= 0.6 is 0 Å². The molecule has 0 radical (unpaired) electrons. The first kappa shape index (κ1) is 39.3. The van der Waals surface area contributed by atoms with Gasteiger partial charge in [0.15, 0.2) is 17.7 Å². The van der Waals surface area contributed by atoms with E-state index < -0.39 is 21.8 Å². The first-order valence-corrected chi connectivity index (χ1v) is 20.4. The van der Waals surface area contributed by atoms with Gasteiger partial charge in [0.05, 0.1) is 45.2 Å². The average molecular weight is 764 g/mol. The predicted octanol–water partition coefficient (Wildman–Crippen LogP) is 5.44. The number of nitrogens with one attached hydrogen (secondary N) is 1. The number of rotatable bonds is 17. The Balaban J connectivity index is 1.21. The van der Waals surface area contributed by atoms with Gasteiger partial charge in [0.25, 0.3) is 16.0 Å². The number of nitrogens with zero attached hydrogens (tertiary/aromatic N) is 4. The summed E-state index contributed by atoms with van der Waals surface area (Å²) in [7, 11) is 0.515. The van der Waals surface area contributed by atoms with Crippen LogP contribution < -0.4 is 19.5 Å². The van der Waals surface area contributed by atoms with Crippen molar-refractivity contribution in [1.82, 2.24) is 19.4 Å². The van der Waals surface area contributed by atoms with Gasteiger partial charge in [-0.05, 0) is 75.4 Å². The summed E-state index contributed by atoms with van der Waals surface area (Å²) in [6.45, 7) is 6.78. The number of piperidine rings is 1. The number of anilines is 1. The number of hydrogen-bond donors (Lipinski definition) is 1. The van der Waals surface area contributed by atoms with Gasteiger partial charge in [0, 0.05) is 49.8 Å². The Bertz CT molecular complexity index is 1960. The molecule has 1 amide bonds. The van der Waals surface area contributed by atoms with E-state index in [1.54, 1.807) is 17.0 Å². The molecule has 1 aromatic heterocycles. The molecule has 2 atom stereocenters. The third-order valence-corrected chi connectivity index (χ3v) is 11.2. The number of para-hydroxylation sites is 2. The maximum Gasteiger partial charge on any atom is 0.266 e. The van der Waals surface area contributed by atoms with Gasteiger partial charge in [0.1, 0.15) is 0 Å². The Morgan fingerprint density at radius 2 is 1.61 bits per heavy atom. The number of benzene rings is 3. The Labute approximate surface area is 318 Å². The fourth-order valence-electron chi connectivity index (χ4n) is 7.90. The molecule has 2 aliphatic rings. The molecule has 0 aliphatic carbocycles. The highest BCUT2D eigenvalue weighted by molar-refractivity contribution is 7.86. The van der Waals surface area contributed by atoms with Crippen molar-refractivity contribution in [2.45, 2.75) is 57.8 Å². The first-order chi connectivity index (χ1) is 26.1. The van der Waals surface area contributed by atoms with Crippen LogP contribution in [-0.4, -0.2) is 113 Å². The lowest BCUT2D eigenvalue weighted by Gasteiger charge is -2.40. The molecule has 2 unspecified atom stereocenters. The van der Waals surface area contributed by atoms with Crippen molar-refractivity contribution < 1.29 is 36.3 Å². The molecule has 292 valence electrons. The largest absolute Gasteiger partial charge is 0.493 e. The van der Waals surface area contributed by atoms with Gasteiger partial charge >= 0.3 is 0 Å². The molecule has 0 saturated carbocycles. The molecule has 1 N–H and O–H groups in total. The second kappa shape index (κ2) is 17.4. The number of hydrogen-bond acceptors (Lipinski definition) is 11. The van der Waals surface area contributed by atoms with Crippen molar-refractivity contribution in [1.29, 1.82) is 0 Å². The zero-order valence-corrected chi connectivity index (χ0v) is 32.8. The van der Waals surface area contributed by atoms with Crippen molar-refractivity contribution in [2.75, 3.05) is 72.3 Å². The lowest BCUT2D eigenvalue weighted by molar-refractivity contribution is -0.0155. The minimum absolute atomic E-state index is 0.251.